The molecular formula is C12H21N3. The van der Waals surface area contributed by atoms with Crippen molar-refractivity contribution < 1.29 is 0 Å². The van der Waals surface area contributed by atoms with Crippen molar-refractivity contribution in [3.05, 3.63) is 24.5 Å². The zero-order valence-corrected chi connectivity index (χ0v) is 9.60. The highest BCUT2D eigenvalue weighted by Gasteiger charge is 2.14. The van der Waals surface area contributed by atoms with Crippen molar-refractivity contribution in [2.45, 2.75) is 13.5 Å². The van der Waals surface area contributed by atoms with Gasteiger partial charge in [-0.25, -0.2) is 0 Å². The van der Waals surface area contributed by atoms with Gasteiger partial charge < -0.3 is 9.47 Å². The molecule has 0 amide bonds. The number of likely N-dealkylation sites (N-methyl/N-ethyl adjacent to an activating group) is 1. The van der Waals surface area contributed by atoms with Gasteiger partial charge in [0.25, 0.3) is 0 Å². The Morgan fingerprint density at radius 3 is 2.07 bits per heavy atom. The Hall–Kier alpha value is -0.800. The van der Waals surface area contributed by atoms with Crippen LogP contribution in [0.2, 0.25) is 0 Å². The quantitative estimate of drug-likeness (QED) is 0.733. The molecular weight excluding hydrogens is 186 g/mol. The maximum absolute atomic E-state index is 2.56. The fourth-order valence-corrected chi connectivity index (χ4v) is 2.11. The molecule has 1 saturated heterocycles. The molecule has 0 atom stereocenters. The van der Waals surface area contributed by atoms with Gasteiger partial charge in [0.2, 0.25) is 0 Å². The normalized spacial score (nSPS) is 19.5. The van der Waals surface area contributed by atoms with E-state index in [0.717, 1.165) is 6.54 Å². The van der Waals surface area contributed by atoms with Crippen molar-refractivity contribution in [2.75, 3.05) is 39.3 Å². The number of aromatic nitrogens is 1. The summed E-state index contributed by atoms with van der Waals surface area (Å²) in [6.07, 6.45) is 4.28. The van der Waals surface area contributed by atoms with E-state index in [1.54, 1.807) is 0 Å². The molecule has 1 aromatic rings. The zero-order valence-electron chi connectivity index (χ0n) is 9.60. The van der Waals surface area contributed by atoms with E-state index in [2.05, 4.69) is 45.8 Å². The van der Waals surface area contributed by atoms with Crippen LogP contribution in [0.1, 0.15) is 6.92 Å². The fourth-order valence-electron chi connectivity index (χ4n) is 2.11. The van der Waals surface area contributed by atoms with Crippen molar-refractivity contribution in [3.63, 3.8) is 0 Å². The van der Waals surface area contributed by atoms with Gasteiger partial charge in [-0.15, -0.1) is 0 Å². The first-order valence-electron chi connectivity index (χ1n) is 5.94. The van der Waals surface area contributed by atoms with Gasteiger partial charge in [0.1, 0.15) is 0 Å². The summed E-state index contributed by atoms with van der Waals surface area (Å²) in [5.41, 5.74) is 0. The molecule has 0 N–H and O–H groups in total. The molecule has 0 unspecified atom stereocenters. The minimum atomic E-state index is 1.12. The second-order valence-electron chi connectivity index (χ2n) is 4.20. The molecule has 1 aliphatic heterocycles. The number of rotatable bonds is 4. The lowest BCUT2D eigenvalue weighted by molar-refractivity contribution is 0.134. The van der Waals surface area contributed by atoms with Crippen LogP contribution in [0.5, 0.6) is 0 Å². The van der Waals surface area contributed by atoms with Crippen LogP contribution < -0.4 is 0 Å². The lowest BCUT2D eigenvalue weighted by atomic mass is 10.3. The number of hydrogen-bond donors (Lipinski definition) is 0. The van der Waals surface area contributed by atoms with Gasteiger partial charge in [-0.1, -0.05) is 6.92 Å². The Morgan fingerprint density at radius 1 is 0.867 bits per heavy atom. The van der Waals surface area contributed by atoms with Crippen LogP contribution in [0.25, 0.3) is 0 Å². The van der Waals surface area contributed by atoms with Crippen LogP contribution in [0.15, 0.2) is 24.5 Å². The van der Waals surface area contributed by atoms with Gasteiger partial charge in [-0.2, -0.15) is 0 Å². The molecule has 1 fully saturated rings. The highest BCUT2D eigenvalue weighted by Crippen LogP contribution is 2.01. The second kappa shape index (κ2) is 5.33. The van der Waals surface area contributed by atoms with E-state index in [-0.39, 0.29) is 0 Å². The van der Waals surface area contributed by atoms with Gasteiger partial charge >= 0.3 is 0 Å². The van der Waals surface area contributed by atoms with Crippen LogP contribution in [0.4, 0.5) is 0 Å². The third-order valence-electron chi connectivity index (χ3n) is 3.25. The average Bonchev–Trinajstić information content (AvgIpc) is 2.80. The first kappa shape index (κ1) is 10.7. The van der Waals surface area contributed by atoms with Crippen molar-refractivity contribution in [2.24, 2.45) is 0 Å². The van der Waals surface area contributed by atoms with Gasteiger partial charge in [0.15, 0.2) is 0 Å². The second-order valence-corrected chi connectivity index (χ2v) is 4.20. The van der Waals surface area contributed by atoms with E-state index >= 15 is 0 Å². The standard InChI is InChI=1S/C12H21N3/c1-2-13-7-9-15(10-8-13)12-11-14-5-3-4-6-14/h3-6H,2,7-12H2,1H3. The first-order chi connectivity index (χ1) is 7.38. The summed E-state index contributed by atoms with van der Waals surface area (Å²) in [4.78, 5) is 5.08. The molecule has 15 heavy (non-hydrogen) atoms. The monoisotopic (exact) mass is 207 g/mol. The molecule has 2 rings (SSSR count). The molecule has 1 aromatic heterocycles. The summed E-state index contributed by atoms with van der Waals surface area (Å²) in [6, 6.07) is 4.18. The minimum absolute atomic E-state index is 1.12. The summed E-state index contributed by atoms with van der Waals surface area (Å²) < 4.78 is 2.26. The molecule has 0 aliphatic carbocycles. The summed E-state index contributed by atoms with van der Waals surface area (Å²) >= 11 is 0. The highest BCUT2D eigenvalue weighted by atomic mass is 15.3. The number of hydrogen-bond acceptors (Lipinski definition) is 2. The molecule has 0 aromatic carbocycles. The molecule has 3 heteroatoms. The topological polar surface area (TPSA) is 11.4 Å². The van der Waals surface area contributed by atoms with Gasteiger partial charge in [0, 0.05) is 51.7 Å². The molecule has 1 aliphatic rings. The molecule has 0 radical (unpaired) electrons. The third kappa shape index (κ3) is 3.08. The summed E-state index contributed by atoms with van der Waals surface area (Å²) in [5.74, 6) is 0. The Morgan fingerprint density at radius 2 is 1.47 bits per heavy atom. The van der Waals surface area contributed by atoms with E-state index in [0.29, 0.717) is 0 Å². The smallest absolute Gasteiger partial charge is 0.0347 e. The van der Waals surface area contributed by atoms with E-state index in [4.69, 9.17) is 0 Å². The highest BCUT2D eigenvalue weighted by molar-refractivity contribution is 4.90. The zero-order chi connectivity index (χ0) is 10.5. The molecule has 2 heterocycles. The maximum Gasteiger partial charge on any atom is 0.0347 e. The fraction of sp³-hybridized carbons (Fsp3) is 0.667. The van der Waals surface area contributed by atoms with E-state index in [1.807, 2.05) is 0 Å². The number of nitrogens with zero attached hydrogens (tertiary/aromatic N) is 3. The van der Waals surface area contributed by atoms with Crippen molar-refractivity contribution in [1.29, 1.82) is 0 Å². The van der Waals surface area contributed by atoms with E-state index < -0.39 is 0 Å². The van der Waals surface area contributed by atoms with E-state index in [1.165, 1.54) is 39.3 Å². The van der Waals surface area contributed by atoms with Gasteiger partial charge in [0.05, 0.1) is 0 Å². The average molecular weight is 207 g/mol. The van der Waals surface area contributed by atoms with Crippen LogP contribution in [-0.4, -0.2) is 53.6 Å². The maximum atomic E-state index is 2.56. The Balaban J connectivity index is 1.69. The van der Waals surface area contributed by atoms with Gasteiger partial charge in [-0.05, 0) is 18.7 Å². The predicted octanol–water partition coefficient (Wildman–Crippen LogP) is 1.13. The Kier molecular flexibility index (Phi) is 3.80. The Bertz CT molecular complexity index is 260. The van der Waals surface area contributed by atoms with Crippen LogP contribution in [-0.2, 0) is 6.54 Å². The summed E-state index contributed by atoms with van der Waals surface area (Å²) in [5, 5.41) is 0. The van der Waals surface area contributed by atoms with Crippen molar-refractivity contribution >= 4 is 0 Å². The lowest BCUT2D eigenvalue weighted by Gasteiger charge is -2.34. The largest absolute Gasteiger partial charge is 0.353 e. The Labute approximate surface area is 92.3 Å². The van der Waals surface area contributed by atoms with Crippen molar-refractivity contribution in [3.8, 4) is 0 Å². The van der Waals surface area contributed by atoms with Crippen LogP contribution in [0, 0.1) is 0 Å². The number of piperazine rings is 1. The summed E-state index contributed by atoms with van der Waals surface area (Å²) in [6.45, 7) is 10.7. The third-order valence-corrected chi connectivity index (χ3v) is 3.25. The predicted molar refractivity (Wildman–Crippen MR) is 63.0 cm³/mol. The molecule has 0 bridgehead atoms. The van der Waals surface area contributed by atoms with E-state index in [9.17, 15) is 0 Å². The minimum Gasteiger partial charge on any atom is -0.353 e. The lowest BCUT2D eigenvalue weighted by Crippen LogP contribution is -2.46. The summed E-state index contributed by atoms with van der Waals surface area (Å²) in [7, 11) is 0. The molecule has 0 spiro atoms. The van der Waals surface area contributed by atoms with Crippen molar-refractivity contribution in [1.82, 2.24) is 14.4 Å². The SMILES string of the molecule is CCN1CCN(CCn2cccc2)CC1. The van der Waals surface area contributed by atoms with Crippen LogP contribution in [0.3, 0.4) is 0 Å². The van der Waals surface area contributed by atoms with Crippen LogP contribution >= 0.6 is 0 Å². The molecule has 3 nitrogen and oxygen atoms in total. The van der Waals surface area contributed by atoms with Gasteiger partial charge in [-0.3, -0.25) is 4.90 Å². The first-order valence-corrected chi connectivity index (χ1v) is 5.94. The molecule has 84 valence electrons. The molecule has 0 saturated carbocycles.